The molecule has 1 saturated heterocycles. The molecule has 0 atom stereocenters. The Morgan fingerprint density at radius 3 is 2.89 bits per heavy atom. The molecule has 0 unspecified atom stereocenters. The summed E-state index contributed by atoms with van der Waals surface area (Å²) in [4.78, 5) is 13.7. The van der Waals surface area contributed by atoms with Crippen molar-refractivity contribution in [3.8, 4) is 0 Å². The van der Waals surface area contributed by atoms with Crippen LogP contribution in [0.25, 0.3) is 0 Å². The van der Waals surface area contributed by atoms with Crippen molar-refractivity contribution in [2.75, 3.05) is 19.7 Å². The molecule has 1 aliphatic rings. The van der Waals surface area contributed by atoms with E-state index >= 15 is 0 Å². The molecule has 1 aromatic rings. The van der Waals surface area contributed by atoms with Crippen LogP contribution in [0.2, 0.25) is 0 Å². The number of hydrogen-bond acceptors (Lipinski definition) is 4. The molecule has 0 amide bonds. The topological polar surface area (TPSA) is 38.3 Å². The first-order valence-corrected chi connectivity index (χ1v) is 8.05. The fourth-order valence-electron chi connectivity index (χ4n) is 2.79. The van der Waals surface area contributed by atoms with Gasteiger partial charge in [-0.15, -0.1) is 11.3 Å². The van der Waals surface area contributed by atoms with Gasteiger partial charge in [-0.05, 0) is 43.8 Å². The standard InChI is InChI=1S/C15H23NO2S/c1-2-6-15(7-9-16-10-8-15)14(17)18-11-5-13-4-3-12-19-13/h3-4,12,16H,2,5-11H2,1H3. The third-order valence-corrected chi connectivity index (χ3v) is 4.82. The SMILES string of the molecule is CCCC1(C(=O)OCCc2cccs2)CCNCC1. The molecule has 0 aliphatic carbocycles. The predicted octanol–water partition coefficient (Wildman–Crippen LogP) is 3.00. The van der Waals surface area contributed by atoms with E-state index in [2.05, 4.69) is 23.7 Å². The number of rotatable bonds is 6. The third kappa shape index (κ3) is 3.80. The van der Waals surface area contributed by atoms with E-state index in [1.165, 1.54) is 4.88 Å². The van der Waals surface area contributed by atoms with Gasteiger partial charge in [-0.2, -0.15) is 0 Å². The molecule has 106 valence electrons. The minimum absolute atomic E-state index is 0.0207. The maximum atomic E-state index is 12.4. The van der Waals surface area contributed by atoms with Crippen LogP contribution < -0.4 is 5.32 Å². The van der Waals surface area contributed by atoms with Gasteiger partial charge in [-0.25, -0.2) is 0 Å². The zero-order chi connectivity index (χ0) is 13.6. The summed E-state index contributed by atoms with van der Waals surface area (Å²) in [6, 6.07) is 4.12. The van der Waals surface area contributed by atoms with Crippen LogP contribution in [0.5, 0.6) is 0 Å². The number of ether oxygens (including phenoxy) is 1. The van der Waals surface area contributed by atoms with Crippen molar-refractivity contribution in [3.05, 3.63) is 22.4 Å². The fraction of sp³-hybridized carbons (Fsp3) is 0.667. The fourth-order valence-corrected chi connectivity index (χ4v) is 3.48. The molecule has 0 bridgehead atoms. The summed E-state index contributed by atoms with van der Waals surface area (Å²) >= 11 is 1.72. The number of carbonyl (C=O) groups excluding carboxylic acids is 1. The lowest BCUT2D eigenvalue weighted by atomic mass is 9.75. The molecule has 1 aromatic heterocycles. The highest BCUT2D eigenvalue weighted by atomic mass is 32.1. The average molecular weight is 281 g/mol. The molecule has 4 heteroatoms. The van der Waals surface area contributed by atoms with Crippen molar-refractivity contribution in [2.45, 2.75) is 39.0 Å². The third-order valence-electron chi connectivity index (χ3n) is 3.88. The number of esters is 1. The van der Waals surface area contributed by atoms with Crippen molar-refractivity contribution < 1.29 is 9.53 Å². The van der Waals surface area contributed by atoms with Gasteiger partial charge in [0.1, 0.15) is 0 Å². The Bertz CT molecular complexity index is 377. The Kier molecular flexibility index (Phi) is 5.40. The van der Waals surface area contributed by atoms with Gasteiger partial charge in [0.2, 0.25) is 0 Å². The minimum atomic E-state index is -0.227. The zero-order valence-electron chi connectivity index (χ0n) is 11.6. The minimum Gasteiger partial charge on any atom is -0.465 e. The lowest BCUT2D eigenvalue weighted by Gasteiger charge is -2.35. The maximum Gasteiger partial charge on any atom is 0.312 e. The normalized spacial score (nSPS) is 18.2. The van der Waals surface area contributed by atoms with Gasteiger partial charge in [0.15, 0.2) is 0 Å². The first-order valence-electron chi connectivity index (χ1n) is 7.17. The Hall–Kier alpha value is -0.870. The number of thiophene rings is 1. The van der Waals surface area contributed by atoms with Crippen molar-refractivity contribution in [1.29, 1.82) is 0 Å². The van der Waals surface area contributed by atoms with E-state index in [0.29, 0.717) is 6.61 Å². The summed E-state index contributed by atoms with van der Waals surface area (Å²) in [6.07, 6.45) is 4.66. The second kappa shape index (κ2) is 7.06. The summed E-state index contributed by atoms with van der Waals surface area (Å²) in [5.41, 5.74) is -0.227. The van der Waals surface area contributed by atoms with E-state index in [1.54, 1.807) is 11.3 Å². The van der Waals surface area contributed by atoms with Crippen LogP contribution in [0, 0.1) is 5.41 Å². The molecule has 0 aromatic carbocycles. The molecule has 1 aliphatic heterocycles. The molecular weight excluding hydrogens is 258 g/mol. The molecular formula is C15H23NO2S. The van der Waals surface area contributed by atoms with E-state index < -0.39 is 0 Å². The van der Waals surface area contributed by atoms with E-state index in [-0.39, 0.29) is 11.4 Å². The Morgan fingerprint density at radius 2 is 2.26 bits per heavy atom. The van der Waals surface area contributed by atoms with Crippen LogP contribution >= 0.6 is 11.3 Å². The molecule has 1 N–H and O–H groups in total. The molecule has 0 saturated carbocycles. The summed E-state index contributed by atoms with van der Waals surface area (Å²) in [7, 11) is 0. The van der Waals surface area contributed by atoms with E-state index in [4.69, 9.17) is 4.74 Å². The molecule has 1 fully saturated rings. The number of carbonyl (C=O) groups is 1. The summed E-state index contributed by atoms with van der Waals surface area (Å²) < 4.78 is 5.55. The lowest BCUT2D eigenvalue weighted by Crippen LogP contribution is -2.43. The van der Waals surface area contributed by atoms with Crippen LogP contribution in [0.3, 0.4) is 0 Å². The van der Waals surface area contributed by atoms with Crippen molar-refractivity contribution >= 4 is 17.3 Å². The number of nitrogens with one attached hydrogen (secondary N) is 1. The molecule has 2 heterocycles. The van der Waals surface area contributed by atoms with Crippen molar-refractivity contribution in [1.82, 2.24) is 5.32 Å². The maximum absolute atomic E-state index is 12.4. The second-order valence-electron chi connectivity index (χ2n) is 5.25. The van der Waals surface area contributed by atoms with Gasteiger partial charge >= 0.3 is 5.97 Å². The van der Waals surface area contributed by atoms with Crippen molar-refractivity contribution in [2.24, 2.45) is 5.41 Å². The summed E-state index contributed by atoms with van der Waals surface area (Å²) in [5.74, 6) is 0.0207. The van der Waals surface area contributed by atoms with E-state index in [1.807, 2.05) is 6.07 Å². The van der Waals surface area contributed by atoms with Gasteiger partial charge in [-0.1, -0.05) is 19.4 Å². The largest absolute Gasteiger partial charge is 0.465 e. The monoisotopic (exact) mass is 281 g/mol. The number of piperidine rings is 1. The Labute approximate surface area is 119 Å². The predicted molar refractivity (Wildman–Crippen MR) is 78.4 cm³/mol. The molecule has 0 spiro atoms. The number of hydrogen-bond donors (Lipinski definition) is 1. The highest BCUT2D eigenvalue weighted by molar-refractivity contribution is 7.09. The summed E-state index contributed by atoms with van der Waals surface area (Å²) in [5, 5.41) is 5.38. The smallest absolute Gasteiger partial charge is 0.312 e. The summed E-state index contributed by atoms with van der Waals surface area (Å²) in [6.45, 7) is 4.51. The van der Waals surface area contributed by atoms with Crippen molar-refractivity contribution in [3.63, 3.8) is 0 Å². The molecule has 19 heavy (non-hydrogen) atoms. The molecule has 0 radical (unpaired) electrons. The molecule has 2 rings (SSSR count). The second-order valence-corrected chi connectivity index (χ2v) is 6.28. The highest BCUT2D eigenvalue weighted by Gasteiger charge is 2.39. The van der Waals surface area contributed by atoms with Gasteiger partial charge in [-0.3, -0.25) is 4.79 Å². The van der Waals surface area contributed by atoms with Gasteiger partial charge in [0, 0.05) is 11.3 Å². The Morgan fingerprint density at radius 1 is 1.47 bits per heavy atom. The van der Waals surface area contributed by atoms with Gasteiger partial charge in [0.05, 0.1) is 12.0 Å². The highest BCUT2D eigenvalue weighted by Crippen LogP contribution is 2.35. The van der Waals surface area contributed by atoms with E-state index in [9.17, 15) is 4.79 Å². The van der Waals surface area contributed by atoms with Crippen LogP contribution in [-0.2, 0) is 16.0 Å². The van der Waals surface area contributed by atoms with Crippen LogP contribution in [0.4, 0.5) is 0 Å². The molecule has 3 nitrogen and oxygen atoms in total. The quantitative estimate of drug-likeness (QED) is 0.815. The Balaban J connectivity index is 1.85. The van der Waals surface area contributed by atoms with Crippen LogP contribution in [0.1, 0.15) is 37.5 Å². The van der Waals surface area contributed by atoms with Crippen LogP contribution in [-0.4, -0.2) is 25.7 Å². The van der Waals surface area contributed by atoms with Gasteiger partial charge in [0.25, 0.3) is 0 Å². The zero-order valence-corrected chi connectivity index (χ0v) is 12.4. The van der Waals surface area contributed by atoms with Gasteiger partial charge < -0.3 is 10.1 Å². The first-order chi connectivity index (χ1) is 9.27. The first kappa shape index (κ1) is 14.5. The average Bonchev–Trinajstić information content (AvgIpc) is 2.93. The lowest BCUT2D eigenvalue weighted by molar-refractivity contribution is -0.158. The van der Waals surface area contributed by atoms with Crippen LogP contribution in [0.15, 0.2) is 17.5 Å². The van der Waals surface area contributed by atoms with E-state index in [0.717, 1.165) is 45.2 Å².